The van der Waals surface area contributed by atoms with Crippen LogP contribution in [0.2, 0.25) is 0 Å². The molecule has 0 spiro atoms. The lowest BCUT2D eigenvalue weighted by Gasteiger charge is -1.99. The Kier molecular flexibility index (Phi) is 1.61. The molecule has 0 amide bonds. The van der Waals surface area contributed by atoms with Gasteiger partial charge in [-0.25, -0.2) is 4.98 Å². The number of nitrogens with zero attached hydrogens (tertiary/aromatic N) is 4. The van der Waals surface area contributed by atoms with Gasteiger partial charge in [-0.1, -0.05) is 0 Å². The second kappa shape index (κ2) is 2.52. The van der Waals surface area contributed by atoms with Crippen molar-refractivity contribution in [2.45, 2.75) is 13.8 Å². The maximum Gasteiger partial charge on any atom is 0.256 e. The minimum Gasteiger partial charge on any atom is -0.258 e. The first-order chi connectivity index (χ1) is 5.68. The zero-order chi connectivity index (χ0) is 8.72. The van der Waals surface area contributed by atoms with Crippen molar-refractivity contribution in [1.82, 2.24) is 19.6 Å². The van der Waals surface area contributed by atoms with Crippen LogP contribution in [0.5, 0.6) is 0 Å². The predicted octanol–water partition coefficient (Wildman–Crippen LogP) is 1.50. The van der Waals surface area contributed by atoms with E-state index in [-0.39, 0.29) is 0 Å². The van der Waals surface area contributed by atoms with Crippen LogP contribution in [0.15, 0.2) is 10.8 Å². The van der Waals surface area contributed by atoms with Gasteiger partial charge in [-0.15, -0.1) is 10.2 Å². The van der Waals surface area contributed by atoms with Crippen molar-refractivity contribution in [3.63, 3.8) is 0 Å². The van der Waals surface area contributed by atoms with Crippen molar-refractivity contribution in [3.05, 3.63) is 22.2 Å². The fourth-order valence-electron chi connectivity index (χ4n) is 1.19. The van der Waals surface area contributed by atoms with Crippen molar-refractivity contribution >= 4 is 21.7 Å². The van der Waals surface area contributed by atoms with Crippen molar-refractivity contribution in [1.29, 1.82) is 0 Å². The molecule has 0 aliphatic carbocycles. The molecule has 0 aliphatic heterocycles. The molecule has 2 rings (SSSR count). The summed E-state index contributed by atoms with van der Waals surface area (Å²) in [7, 11) is 0. The maximum atomic E-state index is 4.22. The molecule has 0 aromatic carbocycles. The van der Waals surface area contributed by atoms with E-state index in [2.05, 4.69) is 31.1 Å². The molecular formula is C7H7BrN4. The number of halogens is 1. The minimum atomic E-state index is 0.638. The van der Waals surface area contributed by atoms with Crippen LogP contribution in [-0.4, -0.2) is 19.6 Å². The zero-order valence-corrected chi connectivity index (χ0v) is 8.33. The van der Waals surface area contributed by atoms with Gasteiger partial charge in [0, 0.05) is 11.4 Å². The summed E-state index contributed by atoms with van der Waals surface area (Å²) in [6.07, 6.45) is 0. The highest BCUT2D eigenvalue weighted by atomic mass is 79.9. The highest BCUT2D eigenvalue weighted by Gasteiger charge is 2.05. The van der Waals surface area contributed by atoms with Gasteiger partial charge in [0.25, 0.3) is 5.78 Å². The van der Waals surface area contributed by atoms with Crippen molar-refractivity contribution in [2.75, 3.05) is 0 Å². The molecule has 0 fully saturated rings. The first kappa shape index (κ1) is 7.67. The summed E-state index contributed by atoms with van der Waals surface area (Å²) in [6.45, 7) is 3.94. The molecule has 2 aromatic heterocycles. The second-order valence-corrected chi connectivity index (χ2v) is 3.35. The maximum absolute atomic E-state index is 4.22. The molecule has 0 aliphatic rings. The normalized spacial score (nSPS) is 10.9. The third-order valence-electron chi connectivity index (χ3n) is 1.65. The van der Waals surface area contributed by atoms with Crippen LogP contribution in [0.3, 0.4) is 0 Å². The summed E-state index contributed by atoms with van der Waals surface area (Å²) >= 11 is 3.29. The SMILES string of the molecule is Cc1cc(C)n2c(Br)nnc2n1. The van der Waals surface area contributed by atoms with Gasteiger partial charge in [0.15, 0.2) is 0 Å². The fraction of sp³-hybridized carbons (Fsp3) is 0.286. The Labute approximate surface area is 77.8 Å². The molecule has 0 N–H and O–H groups in total. The largest absolute Gasteiger partial charge is 0.258 e. The number of fused-ring (bicyclic) bond motifs is 1. The molecule has 12 heavy (non-hydrogen) atoms. The molecule has 0 bridgehead atoms. The van der Waals surface area contributed by atoms with Gasteiger partial charge in [0.2, 0.25) is 4.73 Å². The Balaban J connectivity index is 2.93. The fourth-order valence-corrected chi connectivity index (χ4v) is 1.71. The van der Waals surface area contributed by atoms with Crippen molar-refractivity contribution in [3.8, 4) is 0 Å². The molecule has 0 saturated heterocycles. The van der Waals surface area contributed by atoms with E-state index < -0.39 is 0 Å². The van der Waals surface area contributed by atoms with Crippen molar-refractivity contribution in [2.24, 2.45) is 0 Å². The molecule has 62 valence electrons. The lowest BCUT2D eigenvalue weighted by Crippen LogP contribution is -1.95. The predicted molar refractivity (Wildman–Crippen MR) is 48.0 cm³/mol. The summed E-state index contributed by atoms with van der Waals surface area (Å²) in [5.41, 5.74) is 2.04. The molecule has 2 heterocycles. The smallest absolute Gasteiger partial charge is 0.256 e. The van der Waals surface area contributed by atoms with E-state index in [1.807, 2.05) is 24.3 Å². The number of rotatable bonds is 0. The third kappa shape index (κ3) is 1.01. The van der Waals surface area contributed by atoms with E-state index >= 15 is 0 Å². The Morgan fingerprint density at radius 1 is 1.33 bits per heavy atom. The van der Waals surface area contributed by atoms with E-state index in [0.29, 0.717) is 10.5 Å². The van der Waals surface area contributed by atoms with Gasteiger partial charge in [0.1, 0.15) is 0 Å². The Bertz CT molecular complexity index is 434. The topological polar surface area (TPSA) is 43.1 Å². The zero-order valence-electron chi connectivity index (χ0n) is 6.74. The van der Waals surface area contributed by atoms with E-state index in [1.54, 1.807) is 0 Å². The quantitative estimate of drug-likeness (QED) is 0.684. The first-order valence-corrected chi connectivity index (χ1v) is 4.32. The van der Waals surface area contributed by atoms with Crippen LogP contribution < -0.4 is 0 Å². The Morgan fingerprint density at radius 2 is 2.08 bits per heavy atom. The highest BCUT2D eigenvalue weighted by Crippen LogP contribution is 2.11. The van der Waals surface area contributed by atoms with Gasteiger partial charge < -0.3 is 0 Å². The molecule has 0 saturated carbocycles. The summed E-state index contributed by atoms with van der Waals surface area (Å²) in [5, 5.41) is 7.76. The molecule has 0 radical (unpaired) electrons. The van der Waals surface area contributed by atoms with E-state index in [1.165, 1.54) is 0 Å². The van der Waals surface area contributed by atoms with Crippen LogP contribution in [0.1, 0.15) is 11.4 Å². The van der Waals surface area contributed by atoms with Crippen LogP contribution >= 0.6 is 15.9 Å². The minimum absolute atomic E-state index is 0.638. The first-order valence-electron chi connectivity index (χ1n) is 3.53. The average Bonchev–Trinajstić information content (AvgIpc) is 2.31. The second-order valence-electron chi connectivity index (χ2n) is 2.64. The standard InChI is InChI=1S/C7H7BrN4/c1-4-3-5(2)12-6(8)10-11-7(12)9-4/h3H,1-2H3. The van der Waals surface area contributed by atoms with Gasteiger partial charge in [-0.3, -0.25) is 4.40 Å². The lowest BCUT2D eigenvalue weighted by molar-refractivity contribution is 0.989. The van der Waals surface area contributed by atoms with E-state index in [4.69, 9.17) is 0 Å². The van der Waals surface area contributed by atoms with Gasteiger partial charge in [-0.05, 0) is 35.8 Å². The summed E-state index contributed by atoms with van der Waals surface area (Å²) in [5.74, 6) is 0.638. The number of hydrogen-bond acceptors (Lipinski definition) is 3. The summed E-state index contributed by atoms with van der Waals surface area (Å²) in [6, 6.07) is 1.99. The monoisotopic (exact) mass is 226 g/mol. The van der Waals surface area contributed by atoms with E-state index in [0.717, 1.165) is 11.4 Å². The lowest BCUT2D eigenvalue weighted by atomic mass is 10.3. The molecular weight excluding hydrogens is 220 g/mol. The van der Waals surface area contributed by atoms with Gasteiger partial charge >= 0.3 is 0 Å². The number of aryl methyl sites for hydroxylation is 2. The van der Waals surface area contributed by atoms with Crippen LogP contribution in [-0.2, 0) is 0 Å². The van der Waals surface area contributed by atoms with Crippen LogP contribution in [0, 0.1) is 13.8 Å². The third-order valence-corrected chi connectivity index (χ3v) is 2.17. The van der Waals surface area contributed by atoms with Gasteiger partial charge in [-0.2, -0.15) is 0 Å². The van der Waals surface area contributed by atoms with Crippen LogP contribution in [0.4, 0.5) is 0 Å². The van der Waals surface area contributed by atoms with Crippen LogP contribution in [0.25, 0.3) is 5.78 Å². The molecule has 2 aromatic rings. The summed E-state index contributed by atoms with van der Waals surface area (Å²) < 4.78 is 2.55. The number of hydrogen-bond donors (Lipinski definition) is 0. The van der Waals surface area contributed by atoms with Gasteiger partial charge in [0.05, 0.1) is 0 Å². The highest BCUT2D eigenvalue weighted by molar-refractivity contribution is 9.10. The average molecular weight is 227 g/mol. The number of aromatic nitrogens is 4. The Morgan fingerprint density at radius 3 is 2.83 bits per heavy atom. The molecule has 4 nitrogen and oxygen atoms in total. The Hall–Kier alpha value is -0.970. The van der Waals surface area contributed by atoms with E-state index in [9.17, 15) is 0 Å². The molecule has 5 heteroatoms. The van der Waals surface area contributed by atoms with Crippen molar-refractivity contribution < 1.29 is 0 Å². The summed E-state index contributed by atoms with van der Waals surface area (Å²) in [4.78, 5) is 4.22. The molecule has 0 atom stereocenters. The molecule has 0 unspecified atom stereocenters.